The third-order valence-electron chi connectivity index (χ3n) is 4.06. The zero-order chi connectivity index (χ0) is 13.9. The maximum absolute atomic E-state index is 5.92. The summed E-state index contributed by atoms with van der Waals surface area (Å²) in [5.74, 6) is 0. The van der Waals surface area contributed by atoms with Crippen LogP contribution in [0, 0.1) is 0 Å². The molecule has 1 aliphatic heterocycles. The van der Waals surface area contributed by atoms with Gasteiger partial charge < -0.3 is 10.6 Å². The quantitative estimate of drug-likeness (QED) is 0.912. The van der Waals surface area contributed by atoms with Gasteiger partial charge in [0.25, 0.3) is 0 Å². The molecule has 1 aliphatic rings. The normalized spacial score (nSPS) is 14.8. The van der Waals surface area contributed by atoms with Gasteiger partial charge in [-0.2, -0.15) is 0 Å². The summed E-state index contributed by atoms with van der Waals surface area (Å²) in [6.45, 7) is 2.68. The van der Waals surface area contributed by atoms with Crippen LogP contribution in [0.5, 0.6) is 0 Å². The van der Waals surface area contributed by atoms with Crippen molar-refractivity contribution in [2.24, 2.45) is 5.73 Å². The summed E-state index contributed by atoms with van der Waals surface area (Å²) >= 11 is 3.62. The van der Waals surface area contributed by atoms with Crippen molar-refractivity contribution in [3.05, 3.63) is 63.6 Å². The molecule has 0 unspecified atom stereocenters. The molecule has 0 fully saturated rings. The Morgan fingerprint density at radius 3 is 2.20 bits per heavy atom. The summed E-state index contributed by atoms with van der Waals surface area (Å²) in [4.78, 5) is 2.47. The minimum absolute atomic E-state index is 0.570. The summed E-state index contributed by atoms with van der Waals surface area (Å²) in [7, 11) is 0. The molecule has 0 saturated carbocycles. The number of nitrogens with two attached hydrogens (primary N) is 1. The SMILES string of the molecule is NCc1c(Br)cccc1N1CCc2ccccc2CC1. The standard InChI is InChI=1S/C17H19BrN2/c18-16-6-3-7-17(15(16)12-19)20-10-8-13-4-1-2-5-14(13)9-11-20/h1-7H,8-12,19H2. The van der Waals surface area contributed by atoms with Gasteiger partial charge in [-0.1, -0.05) is 46.3 Å². The molecule has 0 bridgehead atoms. The second-order valence-corrected chi connectivity index (χ2v) is 6.05. The topological polar surface area (TPSA) is 29.3 Å². The Bertz CT molecular complexity index is 583. The Hall–Kier alpha value is -1.32. The molecule has 104 valence electrons. The first kappa shape index (κ1) is 13.7. The lowest BCUT2D eigenvalue weighted by Gasteiger charge is -2.25. The molecule has 0 spiro atoms. The largest absolute Gasteiger partial charge is 0.371 e. The van der Waals surface area contributed by atoms with Crippen LogP contribution in [0.15, 0.2) is 46.9 Å². The molecular weight excluding hydrogens is 312 g/mol. The van der Waals surface area contributed by atoms with Crippen LogP contribution in [0.4, 0.5) is 5.69 Å². The minimum atomic E-state index is 0.570. The van der Waals surface area contributed by atoms with E-state index in [9.17, 15) is 0 Å². The Labute approximate surface area is 128 Å². The van der Waals surface area contributed by atoms with E-state index in [0.717, 1.165) is 30.4 Å². The minimum Gasteiger partial charge on any atom is -0.371 e. The Balaban J connectivity index is 1.89. The van der Waals surface area contributed by atoms with Gasteiger partial charge in [-0.05, 0) is 36.1 Å². The highest BCUT2D eigenvalue weighted by Crippen LogP contribution is 2.29. The van der Waals surface area contributed by atoms with Gasteiger partial charge in [-0.25, -0.2) is 0 Å². The van der Waals surface area contributed by atoms with Crippen molar-refractivity contribution in [2.45, 2.75) is 19.4 Å². The number of fused-ring (bicyclic) bond motifs is 1. The van der Waals surface area contributed by atoms with Gasteiger partial charge in [-0.3, -0.25) is 0 Å². The van der Waals surface area contributed by atoms with Crippen molar-refractivity contribution >= 4 is 21.6 Å². The van der Waals surface area contributed by atoms with Crippen LogP contribution in [-0.2, 0) is 19.4 Å². The van der Waals surface area contributed by atoms with Crippen molar-refractivity contribution in [2.75, 3.05) is 18.0 Å². The Morgan fingerprint density at radius 1 is 0.950 bits per heavy atom. The number of anilines is 1. The molecule has 0 radical (unpaired) electrons. The molecule has 20 heavy (non-hydrogen) atoms. The molecular formula is C17H19BrN2. The molecule has 0 amide bonds. The molecule has 2 N–H and O–H groups in total. The lowest BCUT2D eigenvalue weighted by Crippen LogP contribution is -2.27. The molecule has 3 heteroatoms. The van der Waals surface area contributed by atoms with Crippen molar-refractivity contribution < 1.29 is 0 Å². The van der Waals surface area contributed by atoms with E-state index in [1.165, 1.54) is 22.4 Å². The van der Waals surface area contributed by atoms with Crippen LogP contribution in [0.3, 0.4) is 0 Å². The van der Waals surface area contributed by atoms with E-state index >= 15 is 0 Å². The van der Waals surface area contributed by atoms with Gasteiger partial charge in [-0.15, -0.1) is 0 Å². The molecule has 2 aromatic carbocycles. The van der Waals surface area contributed by atoms with Gasteiger partial charge in [0.2, 0.25) is 0 Å². The highest BCUT2D eigenvalue weighted by Gasteiger charge is 2.16. The van der Waals surface area contributed by atoms with Gasteiger partial charge in [0.15, 0.2) is 0 Å². The zero-order valence-corrected chi connectivity index (χ0v) is 13.1. The van der Waals surface area contributed by atoms with Gasteiger partial charge in [0.1, 0.15) is 0 Å². The second-order valence-electron chi connectivity index (χ2n) is 5.20. The molecule has 0 atom stereocenters. The van der Waals surface area contributed by atoms with Gasteiger partial charge in [0, 0.05) is 35.4 Å². The first-order valence-corrected chi connectivity index (χ1v) is 7.88. The van der Waals surface area contributed by atoms with Crippen LogP contribution >= 0.6 is 15.9 Å². The number of rotatable bonds is 2. The average Bonchev–Trinajstić information content (AvgIpc) is 2.69. The summed E-state index contributed by atoms with van der Waals surface area (Å²) in [5, 5.41) is 0. The lowest BCUT2D eigenvalue weighted by atomic mass is 10.0. The Kier molecular flexibility index (Phi) is 4.08. The van der Waals surface area contributed by atoms with Gasteiger partial charge in [0.05, 0.1) is 0 Å². The fourth-order valence-corrected chi connectivity index (χ4v) is 3.47. The molecule has 2 aromatic rings. The van der Waals surface area contributed by atoms with Crippen molar-refractivity contribution in [1.29, 1.82) is 0 Å². The Morgan fingerprint density at radius 2 is 1.60 bits per heavy atom. The molecule has 0 aliphatic carbocycles. The first-order valence-electron chi connectivity index (χ1n) is 7.09. The average molecular weight is 331 g/mol. The third kappa shape index (κ3) is 2.60. The molecule has 1 heterocycles. The van der Waals surface area contributed by atoms with Crippen LogP contribution in [-0.4, -0.2) is 13.1 Å². The van der Waals surface area contributed by atoms with E-state index < -0.39 is 0 Å². The summed E-state index contributed by atoms with van der Waals surface area (Å²) in [6.07, 6.45) is 2.21. The monoisotopic (exact) mass is 330 g/mol. The maximum atomic E-state index is 5.92. The lowest BCUT2D eigenvalue weighted by molar-refractivity contribution is 0.797. The fraction of sp³-hybridized carbons (Fsp3) is 0.294. The summed E-state index contributed by atoms with van der Waals surface area (Å²) in [6, 6.07) is 15.1. The number of hydrogen-bond donors (Lipinski definition) is 1. The van der Waals surface area contributed by atoms with Crippen LogP contribution in [0.2, 0.25) is 0 Å². The maximum Gasteiger partial charge on any atom is 0.0423 e. The van der Waals surface area contributed by atoms with Crippen LogP contribution in [0.1, 0.15) is 16.7 Å². The van der Waals surface area contributed by atoms with Crippen molar-refractivity contribution in [3.8, 4) is 0 Å². The predicted molar refractivity (Wildman–Crippen MR) is 88.1 cm³/mol. The van der Waals surface area contributed by atoms with E-state index in [-0.39, 0.29) is 0 Å². The highest BCUT2D eigenvalue weighted by atomic mass is 79.9. The second kappa shape index (κ2) is 5.98. The first-order chi connectivity index (χ1) is 9.79. The number of nitrogens with zero attached hydrogens (tertiary/aromatic N) is 1. The molecule has 3 rings (SSSR count). The van der Waals surface area contributed by atoms with Gasteiger partial charge >= 0.3 is 0 Å². The molecule has 0 saturated heterocycles. The van der Waals surface area contributed by atoms with E-state index in [2.05, 4.69) is 63.3 Å². The third-order valence-corrected chi connectivity index (χ3v) is 4.80. The van der Waals surface area contributed by atoms with E-state index in [0.29, 0.717) is 6.54 Å². The fourth-order valence-electron chi connectivity index (χ4n) is 2.95. The van der Waals surface area contributed by atoms with E-state index in [4.69, 9.17) is 5.73 Å². The molecule has 0 aromatic heterocycles. The van der Waals surface area contributed by atoms with E-state index in [1.54, 1.807) is 0 Å². The van der Waals surface area contributed by atoms with Crippen molar-refractivity contribution in [1.82, 2.24) is 0 Å². The number of hydrogen-bond acceptors (Lipinski definition) is 2. The zero-order valence-electron chi connectivity index (χ0n) is 11.5. The van der Waals surface area contributed by atoms with Crippen LogP contribution < -0.4 is 10.6 Å². The smallest absolute Gasteiger partial charge is 0.0423 e. The summed E-state index contributed by atoms with van der Waals surface area (Å²) < 4.78 is 1.11. The number of benzene rings is 2. The summed E-state index contributed by atoms with van der Waals surface area (Å²) in [5.41, 5.74) is 11.4. The predicted octanol–water partition coefficient (Wildman–Crippen LogP) is 3.51. The van der Waals surface area contributed by atoms with E-state index in [1.807, 2.05) is 0 Å². The van der Waals surface area contributed by atoms with Crippen molar-refractivity contribution in [3.63, 3.8) is 0 Å². The molecule has 2 nitrogen and oxygen atoms in total. The van der Waals surface area contributed by atoms with Crippen LogP contribution in [0.25, 0.3) is 0 Å². The number of halogens is 1. The highest BCUT2D eigenvalue weighted by molar-refractivity contribution is 9.10.